The highest BCUT2D eigenvalue weighted by atomic mass is 16.6. The van der Waals surface area contributed by atoms with Crippen LogP contribution in [0.5, 0.6) is 0 Å². The normalized spacial score (nSPS) is 21.1. The van der Waals surface area contributed by atoms with Gasteiger partial charge in [0.1, 0.15) is 6.10 Å². The van der Waals surface area contributed by atoms with Crippen molar-refractivity contribution in [3.05, 3.63) is 42.1 Å². The summed E-state index contributed by atoms with van der Waals surface area (Å²) in [6.07, 6.45) is 1.88. The zero-order valence-corrected chi connectivity index (χ0v) is 8.93. The minimum Gasteiger partial charge on any atom is -0.376 e. The van der Waals surface area contributed by atoms with E-state index in [4.69, 9.17) is 9.47 Å². The van der Waals surface area contributed by atoms with Crippen molar-refractivity contribution in [1.82, 2.24) is 4.98 Å². The molecule has 1 atom stereocenters. The highest BCUT2D eigenvalue weighted by Crippen LogP contribution is 2.23. The number of fused-ring (bicyclic) bond motifs is 1. The monoisotopic (exact) mass is 215 g/mol. The van der Waals surface area contributed by atoms with Gasteiger partial charge >= 0.3 is 0 Å². The average molecular weight is 215 g/mol. The lowest BCUT2D eigenvalue weighted by Crippen LogP contribution is -2.21. The number of ether oxygens (including phenoxy) is 2. The van der Waals surface area contributed by atoms with Gasteiger partial charge in [-0.1, -0.05) is 12.1 Å². The van der Waals surface area contributed by atoms with Gasteiger partial charge in [-0.2, -0.15) is 0 Å². The van der Waals surface area contributed by atoms with E-state index in [1.807, 2.05) is 18.3 Å². The molecule has 0 aliphatic carbocycles. The third kappa shape index (κ3) is 1.79. The van der Waals surface area contributed by atoms with Crippen molar-refractivity contribution in [3.63, 3.8) is 0 Å². The highest BCUT2D eigenvalue weighted by molar-refractivity contribution is 5.79. The Morgan fingerprint density at radius 1 is 1.19 bits per heavy atom. The summed E-state index contributed by atoms with van der Waals surface area (Å²) in [4.78, 5) is 4.30. The minimum absolute atomic E-state index is 0.0679. The molecule has 1 fully saturated rings. The van der Waals surface area contributed by atoms with Crippen LogP contribution in [0.4, 0.5) is 0 Å². The zero-order chi connectivity index (χ0) is 10.8. The van der Waals surface area contributed by atoms with Crippen molar-refractivity contribution in [1.29, 1.82) is 0 Å². The molecule has 3 rings (SSSR count). The zero-order valence-electron chi connectivity index (χ0n) is 8.93. The molecule has 2 aromatic rings. The van der Waals surface area contributed by atoms with Crippen molar-refractivity contribution in [2.24, 2.45) is 0 Å². The first-order valence-corrected chi connectivity index (χ1v) is 5.47. The van der Waals surface area contributed by atoms with Gasteiger partial charge in [0, 0.05) is 11.6 Å². The second-order valence-electron chi connectivity index (χ2n) is 3.89. The quantitative estimate of drug-likeness (QED) is 0.731. The van der Waals surface area contributed by atoms with Crippen LogP contribution in [0, 0.1) is 0 Å². The van der Waals surface area contributed by atoms with E-state index in [0.29, 0.717) is 19.8 Å². The van der Waals surface area contributed by atoms with Crippen molar-refractivity contribution < 1.29 is 9.47 Å². The van der Waals surface area contributed by atoms with Gasteiger partial charge in [0.15, 0.2) is 0 Å². The summed E-state index contributed by atoms with van der Waals surface area (Å²) < 4.78 is 11.1. The molecule has 2 heterocycles. The Labute approximate surface area is 94.0 Å². The average Bonchev–Trinajstić information content (AvgIpc) is 2.39. The van der Waals surface area contributed by atoms with E-state index in [9.17, 15) is 0 Å². The summed E-state index contributed by atoms with van der Waals surface area (Å²) in [5, 5.41) is 1.15. The maximum absolute atomic E-state index is 5.67. The summed E-state index contributed by atoms with van der Waals surface area (Å²) in [6, 6.07) is 10.2. The predicted molar refractivity (Wildman–Crippen MR) is 61.3 cm³/mol. The van der Waals surface area contributed by atoms with Crippen LogP contribution in [-0.2, 0) is 9.47 Å². The van der Waals surface area contributed by atoms with Crippen LogP contribution in [0.2, 0.25) is 0 Å². The first-order chi connectivity index (χ1) is 7.93. The van der Waals surface area contributed by atoms with Crippen LogP contribution in [-0.4, -0.2) is 24.8 Å². The molecule has 1 aromatic heterocycles. The van der Waals surface area contributed by atoms with Crippen LogP contribution < -0.4 is 0 Å². The van der Waals surface area contributed by atoms with Gasteiger partial charge in [0.2, 0.25) is 0 Å². The van der Waals surface area contributed by atoms with Crippen molar-refractivity contribution >= 4 is 10.9 Å². The van der Waals surface area contributed by atoms with Gasteiger partial charge in [-0.15, -0.1) is 0 Å². The number of benzene rings is 1. The fraction of sp³-hybridized carbons (Fsp3) is 0.308. The van der Waals surface area contributed by atoms with Crippen LogP contribution >= 0.6 is 0 Å². The topological polar surface area (TPSA) is 31.4 Å². The molecule has 3 nitrogen and oxygen atoms in total. The third-order valence-electron chi connectivity index (χ3n) is 2.81. The lowest BCUT2D eigenvalue weighted by molar-refractivity contribution is -0.0901. The van der Waals surface area contributed by atoms with E-state index < -0.39 is 0 Å². The SMILES string of the molecule is c1cnc2ccc(C3COCCO3)cc2c1. The maximum Gasteiger partial charge on any atom is 0.106 e. The summed E-state index contributed by atoms with van der Waals surface area (Å²) in [5.41, 5.74) is 2.18. The van der Waals surface area contributed by atoms with Crippen LogP contribution in [0.25, 0.3) is 10.9 Å². The molecule has 0 N–H and O–H groups in total. The van der Waals surface area contributed by atoms with E-state index in [1.54, 1.807) is 0 Å². The number of rotatable bonds is 1. The Kier molecular flexibility index (Phi) is 2.56. The van der Waals surface area contributed by atoms with E-state index in [-0.39, 0.29) is 6.10 Å². The second-order valence-corrected chi connectivity index (χ2v) is 3.89. The molecule has 1 saturated heterocycles. The number of hydrogen-bond acceptors (Lipinski definition) is 3. The lowest BCUT2D eigenvalue weighted by Gasteiger charge is -2.23. The van der Waals surface area contributed by atoms with Gasteiger partial charge in [-0.25, -0.2) is 0 Å². The standard InChI is InChI=1S/C13H13NO2/c1-2-10-8-11(3-4-12(10)14-5-1)13-9-15-6-7-16-13/h1-5,8,13H,6-7,9H2. The van der Waals surface area contributed by atoms with Crippen molar-refractivity contribution in [3.8, 4) is 0 Å². The molecule has 0 saturated carbocycles. The summed E-state index contributed by atoms with van der Waals surface area (Å²) in [5.74, 6) is 0. The number of hydrogen-bond donors (Lipinski definition) is 0. The van der Waals surface area contributed by atoms with Crippen LogP contribution in [0.15, 0.2) is 36.5 Å². The first-order valence-electron chi connectivity index (χ1n) is 5.47. The Morgan fingerprint density at radius 3 is 3.06 bits per heavy atom. The van der Waals surface area contributed by atoms with Gasteiger partial charge in [0.05, 0.1) is 25.3 Å². The molecule has 0 spiro atoms. The molecule has 1 aliphatic heterocycles. The van der Waals surface area contributed by atoms with Crippen molar-refractivity contribution in [2.75, 3.05) is 19.8 Å². The summed E-state index contributed by atoms with van der Waals surface area (Å²) in [7, 11) is 0. The Morgan fingerprint density at radius 2 is 2.19 bits per heavy atom. The fourth-order valence-corrected chi connectivity index (χ4v) is 1.97. The Bertz CT molecular complexity index is 492. The predicted octanol–water partition coefficient (Wildman–Crippen LogP) is 2.32. The Hall–Kier alpha value is -1.45. The molecule has 16 heavy (non-hydrogen) atoms. The van der Waals surface area contributed by atoms with E-state index >= 15 is 0 Å². The molecule has 0 bridgehead atoms. The molecule has 0 radical (unpaired) electrons. The molecule has 82 valence electrons. The lowest BCUT2D eigenvalue weighted by atomic mass is 10.1. The minimum atomic E-state index is 0.0679. The van der Waals surface area contributed by atoms with E-state index in [0.717, 1.165) is 10.9 Å². The maximum atomic E-state index is 5.67. The summed E-state index contributed by atoms with van der Waals surface area (Å²) >= 11 is 0. The van der Waals surface area contributed by atoms with Gasteiger partial charge in [-0.3, -0.25) is 4.98 Å². The van der Waals surface area contributed by atoms with Gasteiger partial charge < -0.3 is 9.47 Å². The van der Waals surface area contributed by atoms with E-state index in [1.165, 1.54) is 5.56 Å². The first kappa shape index (κ1) is 9.75. The van der Waals surface area contributed by atoms with Gasteiger partial charge in [-0.05, 0) is 23.8 Å². The third-order valence-corrected chi connectivity index (χ3v) is 2.81. The molecule has 0 amide bonds. The van der Waals surface area contributed by atoms with Crippen molar-refractivity contribution in [2.45, 2.75) is 6.10 Å². The molecule has 1 aromatic carbocycles. The van der Waals surface area contributed by atoms with Gasteiger partial charge in [0.25, 0.3) is 0 Å². The summed E-state index contributed by atoms with van der Waals surface area (Å²) in [6.45, 7) is 2.02. The number of nitrogens with zero attached hydrogens (tertiary/aromatic N) is 1. The second kappa shape index (κ2) is 4.20. The molecular formula is C13H13NO2. The largest absolute Gasteiger partial charge is 0.376 e. The number of aromatic nitrogens is 1. The highest BCUT2D eigenvalue weighted by Gasteiger charge is 2.16. The smallest absolute Gasteiger partial charge is 0.106 e. The van der Waals surface area contributed by atoms with E-state index in [2.05, 4.69) is 23.2 Å². The van der Waals surface area contributed by atoms with Crippen LogP contribution in [0.1, 0.15) is 11.7 Å². The Balaban J connectivity index is 1.97. The molecular weight excluding hydrogens is 202 g/mol. The molecule has 3 heteroatoms. The van der Waals surface area contributed by atoms with Crippen LogP contribution in [0.3, 0.4) is 0 Å². The fourth-order valence-electron chi connectivity index (χ4n) is 1.97. The molecule has 1 unspecified atom stereocenters. The molecule has 1 aliphatic rings. The number of pyridine rings is 1.